The van der Waals surface area contributed by atoms with E-state index in [0.29, 0.717) is 28.9 Å². The number of rotatable bonds is 8. The molecule has 0 radical (unpaired) electrons. The lowest BCUT2D eigenvalue weighted by Crippen LogP contribution is -2.13. The van der Waals surface area contributed by atoms with Gasteiger partial charge in [-0.05, 0) is 68.4 Å². The van der Waals surface area contributed by atoms with Crippen molar-refractivity contribution in [3.63, 3.8) is 0 Å². The zero-order valence-corrected chi connectivity index (χ0v) is 20.9. The quantitative estimate of drug-likeness (QED) is 0.266. The molecule has 3 N–H and O–H groups in total. The summed E-state index contributed by atoms with van der Waals surface area (Å²) in [6, 6.07) is 20.9. The van der Waals surface area contributed by atoms with Crippen molar-refractivity contribution in [2.75, 3.05) is 22.5 Å². The average Bonchev–Trinajstić information content (AvgIpc) is 2.81. The van der Waals surface area contributed by atoms with Crippen LogP contribution in [0.25, 0.3) is 0 Å². The van der Waals surface area contributed by atoms with E-state index >= 15 is 0 Å². The monoisotopic (exact) mass is 509 g/mol. The Morgan fingerprint density at radius 2 is 1.31 bits per heavy atom. The van der Waals surface area contributed by atoms with Gasteiger partial charge in [0, 0.05) is 23.1 Å². The lowest BCUT2D eigenvalue weighted by Gasteiger charge is -2.12. The molecule has 35 heavy (non-hydrogen) atoms. The Hall–Kier alpha value is -3.82. The van der Waals surface area contributed by atoms with Crippen molar-refractivity contribution < 1.29 is 13.2 Å². The highest BCUT2D eigenvalue weighted by Crippen LogP contribution is 2.28. The molecule has 1 aromatic heterocycles. The average molecular weight is 510 g/mol. The third-order valence-electron chi connectivity index (χ3n) is 5.01. The number of anilines is 5. The number of aromatic nitrogens is 2. The standard InChI is InChI=1S/C25H24ClN5O3S/c1-16-4-6-18(7-5-16)29-24-15-25(28-17(2)27-24)30-19-8-10-20(11-9-19)31-35(32,33)21-12-13-23(34-3)22(26)14-21/h4-15,31H,1-3H3,(H2,27,28,29,30). The summed E-state index contributed by atoms with van der Waals surface area (Å²) < 4.78 is 33.1. The molecule has 0 aliphatic heterocycles. The third kappa shape index (κ3) is 6.20. The lowest BCUT2D eigenvalue weighted by atomic mass is 10.2. The maximum absolute atomic E-state index is 12.7. The Balaban J connectivity index is 1.46. The first-order chi connectivity index (χ1) is 16.7. The summed E-state index contributed by atoms with van der Waals surface area (Å²) in [6.07, 6.45) is 0. The van der Waals surface area contributed by atoms with E-state index in [4.69, 9.17) is 16.3 Å². The number of benzene rings is 3. The lowest BCUT2D eigenvalue weighted by molar-refractivity contribution is 0.414. The Kier molecular flexibility index (Phi) is 7.09. The molecule has 0 aliphatic rings. The molecule has 1 heterocycles. The van der Waals surface area contributed by atoms with E-state index in [-0.39, 0.29) is 9.92 Å². The van der Waals surface area contributed by atoms with Gasteiger partial charge in [-0.1, -0.05) is 29.3 Å². The second-order valence-corrected chi connectivity index (χ2v) is 9.87. The summed E-state index contributed by atoms with van der Waals surface area (Å²) in [6.45, 7) is 3.85. The molecular formula is C25H24ClN5O3S. The highest BCUT2D eigenvalue weighted by molar-refractivity contribution is 7.92. The van der Waals surface area contributed by atoms with E-state index in [1.54, 1.807) is 30.3 Å². The molecule has 0 amide bonds. The van der Waals surface area contributed by atoms with Gasteiger partial charge < -0.3 is 15.4 Å². The molecule has 10 heteroatoms. The maximum atomic E-state index is 12.7. The van der Waals surface area contributed by atoms with Crippen LogP contribution in [0.15, 0.2) is 77.7 Å². The fraction of sp³-hybridized carbons (Fsp3) is 0.120. The molecule has 180 valence electrons. The van der Waals surface area contributed by atoms with Crippen molar-refractivity contribution in [1.29, 1.82) is 0 Å². The largest absolute Gasteiger partial charge is 0.495 e. The minimum Gasteiger partial charge on any atom is -0.495 e. The van der Waals surface area contributed by atoms with Crippen LogP contribution in [0.1, 0.15) is 11.4 Å². The summed E-state index contributed by atoms with van der Waals surface area (Å²) in [7, 11) is -2.35. The van der Waals surface area contributed by atoms with Gasteiger partial charge in [-0.15, -0.1) is 0 Å². The number of hydrogen-bond donors (Lipinski definition) is 3. The van der Waals surface area contributed by atoms with Crippen molar-refractivity contribution in [3.8, 4) is 5.75 Å². The summed E-state index contributed by atoms with van der Waals surface area (Å²) >= 11 is 6.07. The molecule has 3 aromatic carbocycles. The van der Waals surface area contributed by atoms with Crippen LogP contribution < -0.4 is 20.1 Å². The summed E-state index contributed by atoms with van der Waals surface area (Å²) in [5.74, 6) is 2.27. The van der Waals surface area contributed by atoms with Crippen molar-refractivity contribution >= 4 is 50.3 Å². The molecule has 4 rings (SSSR count). The van der Waals surface area contributed by atoms with Crippen molar-refractivity contribution in [1.82, 2.24) is 9.97 Å². The first kappa shape index (κ1) is 24.3. The van der Waals surface area contributed by atoms with Crippen LogP contribution in [0.3, 0.4) is 0 Å². The molecule has 0 unspecified atom stereocenters. The number of aryl methyl sites for hydroxylation is 2. The van der Waals surface area contributed by atoms with Gasteiger partial charge in [0.25, 0.3) is 10.0 Å². The molecule has 0 aliphatic carbocycles. The van der Waals surface area contributed by atoms with Crippen molar-refractivity contribution in [2.24, 2.45) is 0 Å². The minimum atomic E-state index is -3.82. The van der Waals surface area contributed by atoms with E-state index in [0.717, 1.165) is 11.4 Å². The SMILES string of the molecule is COc1ccc(S(=O)(=O)Nc2ccc(Nc3cc(Nc4ccc(C)cc4)nc(C)n3)cc2)cc1Cl. The first-order valence-electron chi connectivity index (χ1n) is 10.6. The predicted molar refractivity (Wildman–Crippen MR) is 140 cm³/mol. The summed E-state index contributed by atoms with van der Waals surface area (Å²) in [5, 5.41) is 6.71. The van der Waals surface area contributed by atoms with Crippen LogP contribution in [0.4, 0.5) is 28.7 Å². The number of hydrogen-bond acceptors (Lipinski definition) is 7. The van der Waals surface area contributed by atoms with E-state index in [2.05, 4.69) is 25.3 Å². The second kappa shape index (κ2) is 10.2. The second-order valence-electron chi connectivity index (χ2n) is 7.78. The zero-order valence-electron chi connectivity index (χ0n) is 19.3. The van der Waals surface area contributed by atoms with Crippen LogP contribution in [-0.2, 0) is 10.0 Å². The molecule has 0 spiro atoms. The third-order valence-corrected chi connectivity index (χ3v) is 6.68. The fourth-order valence-electron chi connectivity index (χ4n) is 3.28. The van der Waals surface area contributed by atoms with Crippen LogP contribution in [-0.4, -0.2) is 25.5 Å². The molecule has 0 fully saturated rings. The van der Waals surface area contributed by atoms with Gasteiger partial charge in [-0.2, -0.15) is 0 Å². The predicted octanol–water partition coefficient (Wildman–Crippen LogP) is 6.04. The molecular weight excluding hydrogens is 486 g/mol. The van der Waals surface area contributed by atoms with Crippen LogP contribution in [0.5, 0.6) is 5.75 Å². The van der Waals surface area contributed by atoms with Gasteiger partial charge in [0.05, 0.1) is 17.0 Å². The number of methoxy groups -OCH3 is 1. The number of sulfonamides is 1. The Labute approximate surface area is 209 Å². The van der Waals surface area contributed by atoms with E-state index in [9.17, 15) is 8.42 Å². The summed E-state index contributed by atoms with van der Waals surface area (Å²) in [5.41, 5.74) is 3.24. The van der Waals surface area contributed by atoms with Crippen LogP contribution in [0.2, 0.25) is 5.02 Å². The van der Waals surface area contributed by atoms with Gasteiger partial charge in [0.1, 0.15) is 23.2 Å². The molecule has 0 bridgehead atoms. The topological polar surface area (TPSA) is 105 Å². The number of nitrogens with one attached hydrogen (secondary N) is 3. The Morgan fingerprint density at radius 3 is 1.86 bits per heavy atom. The molecule has 0 saturated carbocycles. The van der Waals surface area contributed by atoms with Gasteiger partial charge in [0.15, 0.2) is 0 Å². The molecule has 4 aromatic rings. The van der Waals surface area contributed by atoms with Gasteiger partial charge in [-0.25, -0.2) is 18.4 Å². The van der Waals surface area contributed by atoms with E-state index in [1.165, 1.54) is 30.9 Å². The Morgan fingerprint density at radius 1 is 0.771 bits per heavy atom. The smallest absolute Gasteiger partial charge is 0.261 e. The van der Waals surface area contributed by atoms with Crippen LogP contribution >= 0.6 is 11.6 Å². The van der Waals surface area contributed by atoms with Crippen molar-refractivity contribution in [3.05, 3.63) is 89.2 Å². The van der Waals surface area contributed by atoms with Gasteiger partial charge in [-0.3, -0.25) is 4.72 Å². The molecule has 0 saturated heterocycles. The zero-order chi connectivity index (χ0) is 25.0. The number of nitrogens with zero attached hydrogens (tertiary/aromatic N) is 2. The first-order valence-corrected chi connectivity index (χ1v) is 12.5. The highest BCUT2D eigenvalue weighted by Gasteiger charge is 2.16. The normalized spacial score (nSPS) is 11.1. The van der Waals surface area contributed by atoms with E-state index < -0.39 is 10.0 Å². The van der Waals surface area contributed by atoms with Crippen molar-refractivity contribution in [2.45, 2.75) is 18.7 Å². The molecule has 8 nitrogen and oxygen atoms in total. The minimum absolute atomic E-state index is 0.0376. The number of halogens is 1. The fourth-order valence-corrected chi connectivity index (χ4v) is 4.69. The van der Waals surface area contributed by atoms with Gasteiger partial charge in [0.2, 0.25) is 0 Å². The number of ether oxygens (including phenoxy) is 1. The highest BCUT2D eigenvalue weighted by atomic mass is 35.5. The van der Waals surface area contributed by atoms with Gasteiger partial charge >= 0.3 is 0 Å². The molecule has 0 atom stereocenters. The van der Waals surface area contributed by atoms with Crippen LogP contribution in [0, 0.1) is 13.8 Å². The Bertz CT molecular complexity index is 1440. The maximum Gasteiger partial charge on any atom is 0.261 e. The van der Waals surface area contributed by atoms with E-state index in [1.807, 2.05) is 38.1 Å². The summed E-state index contributed by atoms with van der Waals surface area (Å²) in [4.78, 5) is 8.91.